The van der Waals surface area contributed by atoms with Gasteiger partial charge in [-0.2, -0.15) is 4.31 Å². The quantitative estimate of drug-likeness (QED) is 0.621. The number of furan rings is 1. The van der Waals surface area contributed by atoms with Crippen LogP contribution in [-0.2, 0) is 21.4 Å². The van der Waals surface area contributed by atoms with Crippen molar-refractivity contribution in [2.75, 3.05) is 13.1 Å². The molecule has 0 aliphatic carbocycles. The lowest BCUT2D eigenvalue weighted by Crippen LogP contribution is -2.35. The Morgan fingerprint density at radius 2 is 1.97 bits per heavy atom. The second kappa shape index (κ2) is 8.65. The van der Waals surface area contributed by atoms with Gasteiger partial charge in [0.1, 0.15) is 11.8 Å². The van der Waals surface area contributed by atoms with E-state index in [1.165, 1.54) is 0 Å². The summed E-state index contributed by atoms with van der Waals surface area (Å²) in [5.41, 5.74) is 0.840. The number of piperidine rings is 1. The number of sulfonamides is 1. The predicted molar refractivity (Wildman–Crippen MR) is 114 cm³/mol. The fraction of sp³-hybridized carbons (Fsp3) is 0.409. The molecule has 0 radical (unpaired) electrons. The highest BCUT2D eigenvalue weighted by Crippen LogP contribution is 2.27. The lowest BCUT2D eigenvalue weighted by Gasteiger charge is -2.26. The standard InChI is InChI=1S/C22H27N3O4S/c1-2-20(22(26)23-16-18-7-6-14-29-18)25-13-10-17-15-19(8-9-21(17)25)30(27,28)24-11-4-3-5-12-24/h6-10,13-15,20H,2-5,11-12,16H2,1H3,(H,23,26). The topological polar surface area (TPSA) is 84.5 Å². The lowest BCUT2D eigenvalue weighted by atomic mass is 10.2. The summed E-state index contributed by atoms with van der Waals surface area (Å²) in [7, 11) is -3.49. The summed E-state index contributed by atoms with van der Waals surface area (Å²) in [6.07, 6.45) is 6.93. The van der Waals surface area contributed by atoms with E-state index in [0.717, 1.165) is 30.2 Å². The molecule has 1 fully saturated rings. The zero-order valence-electron chi connectivity index (χ0n) is 17.1. The maximum atomic E-state index is 13.0. The Morgan fingerprint density at radius 3 is 2.67 bits per heavy atom. The Balaban J connectivity index is 1.57. The van der Waals surface area contributed by atoms with Crippen LogP contribution in [0.2, 0.25) is 0 Å². The van der Waals surface area contributed by atoms with Crippen molar-refractivity contribution in [3.05, 3.63) is 54.6 Å². The van der Waals surface area contributed by atoms with Gasteiger partial charge in [-0.1, -0.05) is 13.3 Å². The Morgan fingerprint density at radius 1 is 1.17 bits per heavy atom. The average molecular weight is 430 g/mol. The summed E-state index contributed by atoms with van der Waals surface area (Å²) in [5, 5.41) is 3.72. The van der Waals surface area contributed by atoms with E-state index < -0.39 is 10.0 Å². The molecule has 160 valence electrons. The Labute approximate surface area is 176 Å². The highest BCUT2D eigenvalue weighted by Gasteiger charge is 2.27. The van der Waals surface area contributed by atoms with Gasteiger partial charge in [0.05, 0.1) is 17.7 Å². The first-order valence-corrected chi connectivity index (χ1v) is 11.9. The van der Waals surface area contributed by atoms with E-state index in [9.17, 15) is 13.2 Å². The average Bonchev–Trinajstić information content (AvgIpc) is 3.43. The number of amides is 1. The largest absolute Gasteiger partial charge is 0.467 e. The molecule has 1 amide bonds. The van der Waals surface area contributed by atoms with Crippen LogP contribution >= 0.6 is 0 Å². The molecule has 30 heavy (non-hydrogen) atoms. The lowest BCUT2D eigenvalue weighted by molar-refractivity contribution is -0.124. The van der Waals surface area contributed by atoms with E-state index in [-0.39, 0.29) is 11.9 Å². The fourth-order valence-corrected chi connectivity index (χ4v) is 5.60. The van der Waals surface area contributed by atoms with Crippen LogP contribution < -0.4 is 5.32 Å². The Bertz CT molecular complexity index is 1110. The van der Waals surface area contributed by atoms with Gasteiger partial charge in [0.15, 0.2) is 0 Å². The number of nitrogens with one attached hydrogen (secondary N) is 1. The summed E-state index contributed by atoms with van der Waals surface area (Å²) in [4.78, 5) is 13.1. The van der Waals surface area contributed by atoms with Gasteiger partial charge in [0.25, 0.3) is 0 Å². The van der Waals surface area contributed by atoms with Gasteiger partial charge in [-0.25, -0.2) is 8.42 Å². The number of hydrogen-bond acceptors (Lipinski definition) is 4. The number of aromatic nitrogens is 1. The molecule has 0 bridgehead atoms. The number of rotatable bonds is 7. The van der Waals surface area contributed by atoms with Gasteiger partial charge >= 0.3 is 0 Å². The van der Waals surface area contributed by atoms with Crippen molar-refractivity contribution in [3.8, 4) is 0 Å². The molecule has 1 aliphatic rings. The van der Waals surface area contributed by atoms with E-state index in [1.54, 1.807) is 34.8 Å². The van der Waals surface area contributed by atoms with E-state index in [1.807, 2.05) is 29.8 Å². The third kappa shape index (κ3) is 4.02. The van der Waals surface area contributed by atoms with E-state index in [0.29, 0.717) is 36.7 Å². The molecule has 0 saturated carbocycles. The molecule has 2 aromatic heterocycles. The first-order valence-electron chi connectivity index (χ1n) is 10.4. The van der Waals surface area contributed by atoms with E-state index >= 15 is 0 Å². The zero-order chi connectivity index (χ0) is 21.1. The molecule has 1 saturated heterocycles. The first-order chi connectivity index (χ1) is 14.5. The molecule has 4 rings (SSSR count). The molecule has 7 nitrogen and oxygen atoms in total. The predicted octanol–water partition coefficient (Wildman–Crippen LogP) is 3.68. The fourth-order valence-electron chi connectivity index (χ4n) is 4.04. The van der Waals surface area contributed by atoms with Gasteiger partial charge in [0.2, 0.25) is 15.9 Å². The second-order valence-corrected chi connectivity index (χ2v) is 9.57. The monoisotopic (exact) mass is 429 g/mol. The highest BCUT2D eigenvalue weighted by molar-refractivity contribution is 7.89. The van der Waals surface area contributed by atoms with Crippen LogP contribution in [0.4, 0.5) is 0 Å². The summed E-state index contributed by atoms with van der Waals surface area (Å²) >= 11 is 0. The molecule has 8 heteroatoms. The smallest absolute Gasteiger partial charge is 0.243 e. The van der Waals surface area contributed by atoms with E-state index in [4.69, 9.17) is 4.42 Å². The molecule has 3 heterocycles. The van der Waals surface area contributed by atoms with Crippen LogP contribution in [0.3, 0.4) is 0 Å². The number of carbonyl (C=O) groups is 1. The molecule has 1 aliphatic heterocycles. The van der Waals surface area contributed by atoms with Crippen LogP contribution in [0.5, 0.6) is 0 Å². The summed E-state index contributed by atoms with van der Waals surface area (Å²) in [5.74, 6) is 0.597. The minimum atomic E-state index is -3.49. The van der Waals surface area contributed by atoms with Crippen LogP contribution in [0.15, 0.2) is 58.2 Å². The number of benzene rings is 1. The molecule has 1 atom stereocenters. The third-order valence-corrected chi connectivity index (χ3v) is 7.58. The van der Waals surface area contributed by atoms with Crippen LogP contribution in [0.25, 0.3) is 10.9 Å². The molecular formula is C22H27N3O4S. The van der Waals surface area contributed by atoms with Crippen molar-refractivity contribution >= 4 is 26.8 Å². The van der Waals surface area contributed by atoms with Crippen molar-refractivity contribution in [3.63, 3.8) is 0 Å². The molecule has 3 aromatic rings. The van der Waals surface area contributed by atoms with Gasteiger partial charge < -0.3 is 14.3 Å². The minimum absolute atomic E-state index is 0.101. The molecule has 1 aromatic carbocycles. The number of fused-ring (bicyclic) bond motifs is 1. The summed E-state index contributed by atoms with van der Waals surface area (Å²) in [6, 6.07) is 10.2. The second-order valence-electron chi connectivity index (χ2n) is 7.63. The van der Waals surface area contributed by atoms with Crippen molar-refractivity contribution in [2.45, 2.75) is 50.1 Å². The van der Waals surface area contributed by atoms with Crippen molar-refractivity contribution in [1.29, 1.82) is 0 Å². The maximum Gasteiger partial charge on any atom is 0.243 e. The van der Waals surface area contributed by atoms with Gasteiger partial charge in [-0.15, -0.1) is 0 Å². The summed E-state index contributed by atoms with van der Waals surface area (Å²) in [6.45, 7) is 3.45. The third-order valence-electron chi connectivity index (χ3n) is 5.69. The van der Waals surface area contributed by atoms with Gasteiger partial charge in [0, 0.05) is 30.2 Å². The first kappa shape index (κ1) is 20.7. The van der Waals surface area contributed by atoms with Crippen LogP contribution in [-0.4, -0.2) is 36.3 Å². The molecular weight excluding hydrogens is 402 g/mol. The number of nitrogens with zero attached hydrogens (tertiary/aromatic N) is 2. The van der Waals surface area contributed by atoms with Crippen molar-refractivity contribution in [2.24, 2.45) is 0 Å². The normalized spacial score (nSPS) is 16.6. The molecule has 1 N–H and O–H groups in total. The Hall–Kier alpha value is -2.58. The zero-order valence-corrected chi connectivity index (χ0v) is 17.9. The van der Waals surface area contributed by atoms with Gasteiger partial charge in [-0.3, -0.25) is 4.79 Å². The SMILES string of the molecule is CCC(C(=O)NCc1ccco1)n1ccc2cc(S(=O)(=O)N3CCCCC3)ccc21. The van der Waals surface area contributed by atoms with Crippen LogP contribution in [0.1, 0.15) is 44.4 Å². The van der Waals surface area contributed by atoms with Crippen molar-refractivity contribution in [1.82, 2.24) is 14.2 Å². The van der Waals surface area contributed by atoms with Gasteiger partial charge in [-0.05, 0) is 55.7 Å². The molecule has 0 spiro atoms. The van der Waals surface area contributed by atoms with Crippen LogP contribution in [0, 0.1) is 0 Å². The highest BCUT2D eigenvalue weighted by atomic mass is 32.2. The van der Waals surface area contributed by atoms with Crippen molar-refractivity contribution < 1.29 is 17.6 Å². The Kier molecular flexibility index (Phi) is 5.97. The number of carbonyl (C=O) groups excluding carboxylic acids is 1. The summed E-state index contributed by atoms with van der Waals surface area (Å²) < 4.78 is 34.7. The molecule has 1 unspecified atom stereocenters. The number of hydrogen-bond donors (Lipinski definition) is 1. The van der Waals surface area contributed by atoms with E-state index in [2.05, 4.69) is 5.32 Å². The minimum Gasteiger partial charge on any atom is -0.467 e. The maximum absolute atomic E-state index is 13.0.